The highest BCUT2D eigenvalue weighted by Crippen LogP contribution is 2.14. The Hall–Kier alpha value is -0.960. The van der Waals surface area contributed by atoms with Gasteiger partial charge in [-0.15, -0.1) is 0 Å². The number of imidazole rings is 1. The summed E-state index contributed by atoms with van der Waals surface area (Å²) in [4.78, 5) is 4.52. The topological polar surface area (TPSA) is 17.8 Å². The maximum Gasteiger partial charge on any atom is 0.110 e. The van der Waals surface area contributed by atoms with Gasteiger partial charge >= 0.3 is 0 Å². The summed E-state index contributed by atoms with van der Waals surface area (Å²) in [5.41, 5.74) is 2.26. The lowest BCUT2D eigenvalue weighted by atomic mass is 10.3. The summed E-state index contributed by atoms with van der Waals surface area (Å²) in [7, 11) is 2.05. The third-order valence-electron chi connectivity index (χ3n) is 2.22. The second kappa shape index (κ2) is 3.42. The normalized spacial score (nSPS) is 10.9. The van der Waals surface area contributed by atoms with E-state index in [4.69, 9.17) is 0 Å². The Labute approximate surface area is 83.0 Å². The summed E-state index contributed by atoms with van der Waals surface area (Å²) in [6, 6.07) is 8.18. The molecule has 0 aliphatic rings. The van der Waals surface area contributed by atoms with Crippen LogP contribution in [0.4, 0.5) is 0 Å². The minimum atomic E-state index is 0.844. The van der Waals surface area contributed by atoms with Crippen LogP contribution in [-0.4, -0.2) is 15.3 Å². The molecule has 0 N–H and O–H groups in total. The highest BCUT2D eigenvalue weighted by Gasteiger charge is 2.04. The number of thiol groups is 1. The first-order valence-corrected chi connectivity index (χ1v) is 4.97. The van der Waals surface area contributed by atoms with Gasteiger partial charge in [0, 0.05) is 13.5 Å². The van der Waals surface area contributed by atoms with Gasteiger partial charge in [-0.1, -0.05) is 12.1 Å². The molecule has 2 aromatic rings. The number of nitrogens with zero attached hydrogens (tertiary/aromatic N) is 2. The molecule has 0 atom stereocenters. The van der Waals surface area contributed by atoms with Crippen molar-refractivity contribution in [3.05, 3.63) is 30.1 Å². The summed E-state index contributed by atoms with van der Waals surface area (Å²) in [6.07, 6.45) is 0.925. The first-order valence-electron chi connectivity index (χ1n) is 4.34. The number of aromatic nitrogens is 2. The largest absolute Gasteiger partial charge is 0.331 e. The van der Waals surface area contributed by atoms with Gasteiger partial charge in [0.2, 0.25) is 0 Å². The molecule has 13 heavy (non-hydrogen) atoms. The number of fused-ring (bicyclic) bond motifs is 1. The lowest BCUT2D eigenvalue weighted by molar-refractivity contribution is 0.834. The average Bonchev–Trinajstić information content (AvgIpc) is 2.46. The highest BCUT2D eigenvalue weighted by atomic mass is 32.1. The van der Waals surface area contributed by atoms with Crippen molar-refractivity contribution in [3.8, 4) is 0 Å². The molecule has 2 nitrogen and oxygen atoms in total. The molecule has 1 aromatic heterocycles. The molecule has 0 aliphatic carbocycles. The molecule has 3 heteroatoms. The van der Waals surface area contributed by atoms with Crippen LogP contribution in [0.5, 0.6) is 0 Å². The number of benzene rings is 1. The lowest BCUT2D eigenvalue weighted by Gasteiger charge is -1.98. The molecule has 0 amide bonds. The van der Waals surface area contributed by atoms with Crippen molar-refractivity contribution in [1.29, 1.82) is 0 Å². The van der Waals surface area contributed by atoms with E-state index in [1.54, 1.807) is 0 Å². The van der Waals surface area contributed by atoms with E-state index < -0.39 is 0 Å². The van der Waals surface area contributed by atoms with Crippen LogP contribution in [0, 0.1) is 0 Å². The number of hydrogen-bond donors (Lipinski definition) is 1. The highest BCUT2D eigenvalue weighted by molar-refractivity contribution is 7.80. The quantitative estimate of drug-likeness (QED) is 0.721. The summed E-state index contributed by atoms with van der Waals surface area (Å²) in [5.74, 6) is 1.95. The Bertz CT molecular complexity index is 420. The predicted molar refractivity (Wildman–Crippen MR) is 58.3 cm³/mol. The van der Waals surface area contributed by atoms with Gasteiger partial charge < -0.3 is 4.57 Å². The Morgan fingerprint density at radius 3 is 2.85 bits per heavy atom. The van der Waals surface area contributed by atoms with Gasteiger partial charge in [-0.25, -0.2) is 4.98 Å². The molecular weight excluding hydrogens is 180 g/mol. The molecule has 0 unspecified atom stereocenters. The van der Waals surface area contributed by atoms with Crippen LogP contribution >= 0.6 is 12.6 Å². The summed E-state index contributed by atoms with van der Waals surface area (Å²) in [6.45, 7) is 0. The van der Waals surface area contributed by atoms with Crippen LogP contribution in [0.15, 0.2) is 24.3 Å². The van der Waals surface area contributed by atoms with Crippen molar-refractivity contribution in [3.63, 3.8) is 0 Å². The van der Waals surface area contributed by atoms with Crippen molar-refractivity contribution in [2.45, 2.75) is 6.42 Å². The number of aryl methyl sites for hydroxylation is 2. The van der Waals surface area contributed by atoms with E-state index in [9.17, 15) is 0 Å². The molecule has 1 heterocycles. The minimum absolute atomic E-state index is 0.844. The standard InChI is InChI=1S/C10H12N2S/c1-12-9-5-3-2-4-8(9)11-10(12)6-7-13/h2-5,13H,6-7H2,1H3. The van der Waals surface area contributed by atoms with Gasteiger partial charge in [0.05, 0.1) is 11.0 Å². The summed E-state index contributed by atoms with van der Waals surface area (Å²) in [5, 5.41) is 0. The van der Waals surface area contributed by atoms with Crippen molar-refractivity contribution in [2.24, 2.45) is 7.05 Å². The zero-order valence-corrected chi connectivity index (χ0v) is 8.46. The third-order valence-corrected chi connectivity index (χ3v) is 2.44. The van der Waals surface area contributed by atoms with E-state index in [-0.39, 0.29) is 0 Å². The van der Waals surface area contributed by atoms with E-state index in [1.165, 1.54) is 5.52 Å². The first-order chi connectivity index (χ1) is 6.33. The molecule has 0 radical (unpaired) electrons. The van der Waals surface area contributed by atoms with Crippen molar-refractivity contribution >= 4 is 23.7 Å². The zero-order chi connectivity index (χ0) is 9.26. The second-order valence-electron chi connectivity index (χ2n) is 3.05. The van der Waals surface area contributed by atoms with E-state index in [0.29, 0.717) is 0 Å². The first kappa shape index (κ1) is 8.63. The molecule has 0 aliphatic heterocycles. The minimum Gasteiger partial charge on any atom is -0.331 e. The number of para-hydroxylation sites is 2. The van der Waals surface area contributed by atoms with E-state index in [2.05, 4.69) is 28.2 Å². The summed E-state index contributed by atoms with van der Waals surface area (Å²) >= 11 is 4.21. The number of rotatable bonds is 2. The maximum absolute atomic E-state index is 4.52. The summed E-state index contributed by atoms with van der Waals surface area (Å²) < 4.78 is 2.13. The van der Waals surface area contributed by atoms with Crippen LogP contribution in [0.25, 0.3) is 11.0 Å². The fourth-order valence-electron chi connectivity index (χ4n) is 1.52. The van der Waals surface area contributed by atoms with E-state index in [1.807, 2.05) is 25.2 Å². The molecule has 0 fully saturated rings. The van der Waals surface area contributed by atoms with Crippen molar-refractivity contribution < 1.29 is 0 Å². The monoisotopic (exact) mass is 192 g/mol. The van der Waals surface area contributed by atoms with Gasteiger partial charge in [-0.05, 0) is 17.9 Å². The molecule has 68 valence electrons. The molecular formula is C10H12N2S. The van der Waals surface area contributed by atoms with Crippen LogP contribution in [-0.2, 0) is 13.5 Å². The van der Waals surface area contributed by atoms with Crippen LogP contribution in [0.1, 0.15) is 5.82 Å². The zero-order valence-electron chi connectivity index (χ0n) is 7.57. The Kier molecular flexibility index (Phi) is 2.27. The SMILES string of the molecule is Cn1c(CCS)nc2ccccc21. The fraction of sp³-hybridized carbons (Fsp3) is 0.300. The van der Waals surface area contributed by atoms with E-state index >= 15 is 0 Å². The van der Waals surface area contributed by atoms with Gasteiger partial charge in [0.1, 0.15) is 5.82 Å². The predicted octanol–water partition coefficient (Wildman–Crippen LogP) is 2.05. The van der Waals surface area contributed by atoms with Gasteiger partial charge in [-0.3, -0.25) is 0 Å². The molecule has 2 rings (SSSR count). The van der Waals surface area contributed by atoms with Gasteiger partial charge in [-0.2, -0.15) is 12.6 Å². The van der Waals surface area contributed by atoms with Crippen LogP contribution in [0.3, 0.4) is 0 Å². The fourth-order valence-corrected chi connectivity index (χ4v) is 1.72. The van der Waals surface area contributed by atoms with Crippen LogP contribution in [0.2, 0.25) is 0 Å². The Morgan fingerprint density at radius 1 is 1.38 bits per heavy atom. The second-order valence-corrected chi connectivity index (χ2v) is 3.50. The molecule has 0 saturated carbocycles. The molecule has 0 bridgehead atoms. The molecule has 1 aromatic carbocycles. The van der Waals surface area contributed by atoms with Crippen LogP contribution < -0.4 is 0 Å². The lowest BCUT2D eigenvalue weighted by Crippen LogP contribution is -1.98. The van der Waals surface area contributed by atoms with E-state index in [0.717, 1.165) is 23.5 Å². The Morgan fingerprint density at radius 2 is 2.15 bits per heavy atom. The molecule has 0 spiro atoms. The van der Waals surface area contributed by atoms with Crippen molar-refractivity contribution in [2.75, 3.05) is 5.75 Å². The smallest absolute Gasteiger partial charge is 0.110 e. The molecule has 0 saturated heterocycles. The average molecular weight is 192 g/mol. The Balaban J connectivity index is 2.60. The maximum atomic E-state index is 4.52. The number of hydrogen-bond acceptors (Lipinski definition) is 2. The van der Waals surface area contributed by atoms with Gasteiger partial charge in [0.25, 0.3) is 0 Å². The van der Waals surface area contributed by atoms with Gasteiger partial charge in [0.15, 0.2) is 0 Å². The third kappa shape index (κ3) is 1.44. The van der Waals surface area contributed by atoms with Crippen molar-refractivity contribution in [1.82, 2.24) is 9.55 Å².